The lowest BCUT2D eigenvalue weighted by molar-refractivity contribution is -0.0501. The third kappa shape index (κ3) is 3.39. The van der Waals surface area contributed by atoms with Crippen LogP contribution >= 0.6 is 15.9 Å². The molecule has 0 aliphatic heterocycles. The van der Waals surface area contributed by atoms with Crippen molar-refractivity contribution in [1.29, 1.82) is 0 Å². The number of hydrogen-bond acceptors (Lipinski definition) is 2. The Labute approximate surface area is 105 Å². The molecule has 1 N–H and O–H groups in total. The predicted molar refractivity (Wildman–Crippen MR) is 61.3 cm³/mol. The molecule has 1 amide bonds. The summed E-state index contributed by atoms with van der Waals surface area (Å²) < 4.78 is 29.3. The van der Waals surface area contributed by atoms with Gasteiger partial charge in [-0.2, -0.15) is 8.78 Å². The summed E-state index contributed by atoms with van der Waals surface area (Å²) in [5.41, 5.74) is 0.117. The number of carbonyl (C=O) groups excluding carboxylic acids is 1. The Bertz CT molecular complexity index is 435. The molecule has 92 valence electrons. The third-order valence-electron chi connectivity index (χ3n) is 2.31. The number of carbonyl (C=O) groups is 1. The number of ether oxygens (including phenoxy) is 1. The summed E-state index contributed by atoms with van der Waals surface area (Å²) in [5, 5.41) is 2.73. The number of alkyl halides is 2. The minimum atomic E-state index is -2.94. The average molecular weight is 306 g/mol. The summed E-state index contributed by atoms with van der Waals surface area (Å²) in [7, 11) is 0. The molecular formula is C11H10BrF2NO2. The van der Waals surface area contributed by atoms with Gasteiger partial charge in [-0.25, -0.2) is 0 Å². The van der Waals surface area contributed by atoms with E-state index in [1.54, 1.807) is 6.07 Å². The lowest BCUT2D eigenvalue weighted by Gasteiger charge is -2.11. The molecule has 6 heteroatoms. The van der Waals surface area contributed by atoms with Gasteiger partial charge >= 0.3 is 6.61 Å². The van der Waals surface area contributed by atoms with Crippen molar-refractivity contribution < 1.29 is 18.3 Å². The zero-order valence-corrected chi connectivity index (χ0v) is 10.3. The van der Waals surface area contributed by atoms with E-state index in [2.05, 4.69) is 26.0 Å². The van der Waals surface area contributed by atoms with Crippen LogP contribution in [0.1, 0.15) is 23.2 Å². The van der Waals surface area contributed by atoms with Crippen molar-refractivity contribution in [2.45, 2.75) is 25.5 Å². The van der Waals surface area contributed by atoms with Gasteiger partial charge in [0.15, 0.2) is 0 Å². The summed E-state index contributed by atoms with van der Waals surface area (Å²) in [5.74, 6) is -0.495. The molecule has 0 heterocycles. The number of amides is 1. The number of hydrogen-bond donors (Lipinski definition) is 1. The van der Waals surface area contributed by atoms with Crippen LogP contribution in [0.4, 0.5) is 8.78 Å². The maximum absolute atomic E-state index is 12.2. The molecule has 1 aliphatic carbocycles. The number of rotatable bonds is 4. The Kier molecular flexibility index (Phi) is 3.61. The molecule has 1 fully saturated rings. The van der Waals surface area contributed by atoms with Crippen LogP contribution in [-0.4, -0.2) is 18.6 Å². The molecule has 1 aromatic carbocycles. The van der Waals surface area contributed by atoms with Crippen LogP contribution in [0.25, 0.3) is 0 Å². The SMILES string of the molecule is O=C(NC1CC1)c1cc(Br)ccc1OC(F)F. The quantitative estimate of drug-likeness (QED) is 0.929. The predicted octanol–water partition coefficient (Wildman–Crippen LogP) is 2.94. The molecule has 0 saturated heterocycles. The van der Waals surface area contributed by atoms with Crippen molar-refractivity contribution in [2.24, 2.45) is 0 Å². The van der Waals surface area contributed by atoms with Crippen molar-refractivity contribution >= 4 is 21.8 Å². The van der Waals surface area contributed by atoms with E-state index in [0.29, 0.717) is 4.47 Å². The van der Waals surface area contributed by atoms with Crippen molar-refractivity contribution in [3.05, 3.63) is 28.2 Å². The fourth-order valence-corrected chi connectivity index (χ4v) is 1.73. The van der Waals surface area contributed by atoms with Crippen molar-refractivity contribution in [3.8, 4) is 5.75 Å². The molecule has 1 aliphatic rings. The second-order valence-corrected chi connectivity index (χ2v) is 4.68. The van der Waals surface area contributed by atoms with Crippen LogP contribution in [0.2, 0.25) is 0 Å². The van der Waals surface area contributed by atoms with Gasteiger partial charge in [-0.3, -0.25) is 4.79 Å². The van der Waals surface area contributed by atoms with Crippen LogP contribution in [0.3, 0.4) is 0 Å². The zero-order chi connectivity index (χ0) is 12.4. The van der Waals surface area contributed by atoms with Gasteiger partial charge in [-0.1, -0.05) is 15.9 Å². The molecule has 17 heavy (non-hydrogen) atoms. The van der Waals surface area contributed by atoms with E-state index in [9.17, 15) is 13.6 Å². The van der Waals surface area contributed by atoms with Crippen LogP contribution in [0, 0.1) is 0 Å². The Morgan fingerprint density at radius 1 is 1.47 bits per heavy atom. The maximum atomic E-state index is 12.2. The molecule has 1 aromatic rings. The second-order valence-electron chi connectivity index (χ2n) is 3.77. The largest absolute Gasteiger partial charge is 0.434 e. The molecule has 0 spiro atoms. The van der Waals surface area contributed by atoms with E-state index in [1.807, 2.05) is 0 Å². The highest BCUT2D eigenvalue weighted by atomic mass is 79.9. The third-order valence-corrected chi connectivity index (χ3v) is 2.81. The first kappa shape index (κ1) is 12.3. The Balaban J connectivity index is 2.21. The lowest BCUT2D eigenvalue weighted by Crippen LogP contribution is -2.26. The van der Waals surface area contributed by atoms with Gasteiger partial charge in [0.25, 0.3) is 5.91 Å². The lowest BCUT2D eigenvalue weighted by atomic mass is 10.2. The summed E-state index contributed by atoms with van der Waals surface area (Å²) in [6, 6.07) is 4.53. The molecule has 0 aromatic heterocycles. The zero-order valence-electron chi connectivity index (χ0n) is 8.75. The van der Waals surface area contributed by atoms with Crippen molar-refractivity contribution in [1.82, 2.24) is 5.32 Å². The Morgan fingerprint density at radius 3 is 2.76 bits per heavy atom. The Hall–Kier alpha value is -1.17. The summed E-state index contributed by atoms with van der Waals surface area (Å²) in [6.07, 6.45) is 1.87. The first-order valence-electron chi connectivity index (χ1n) is 5.11. The summed E-state index contributed by atoms with van der Waals surface area (Å²) in [6.45, 7) is -2.94. The van der Waals surface area contributed by atoms with E-state index in [1.165, 1.54) is 12.1 Å². The fraction of sp³-hybridized carbons (Fsp3) is 0.364. The standard InChI is InChI=1S/C11H10BrF2NO2/c12-6-1-4-9(17-11(13)14)8(5-6)10(16)15-7-2-3-7/h1,4-5,7,11H,2-3H2,(H,15,16). The minimum Gasteiger partial charge on any atom is -0.434 e. The van der Waals surface area contributed by atoms with Crippen LogP contribution in [0.5, 0.6) is 5.75 Å². The molecular weight excluding hydrogens is 296 g/mol. The highest BCUT2D eigenvalue weighted by Gasteiger charge is 2.25. The molecule has 0 radical (unpaired) electrons. The number of nitrogens with one attached hydrogen (secondary N) is 1. The van der Waals surface area contributed by atoms with E-state index < -0.39 is 6.61 Å². The molecule has 0 bridgehead atoms. The van der Waals surface area contributed by atoms with Crippen LogP contribution < -0.4 is 10.1 Å². The van der Waals surface area contributed by atoms with Crippen LogP contribution in [0.15, 0.2) is 22.7 Å². The van der Waals surface area contributed by atoms with Gasteiger partial charge in [0.05, 0.1) is 5.56 Å². The van der Waals surface area contributed by atoms with Crippen molar-refractivity contribution in [3.63, 3.8) is 0 Å². The van der Waals surface area contributed by atoms with Gasteiger partial charge < -0.3 is 10.1 Å². The number of benzene rings is 1. The topological polar surface area (TPSA) is 38.3 Å². The van der Waals surface area contributed by atoms with E-state index in [4.69, 9.17) is 0 Å². The highest BCUT2D eigenvalue weighted by molar-refractivity contribution is 9.10. The van der Waals surface area contributed by atoms with Gasteiger partial charge in [-0.05, 0) is 31.0 Å². The fourth-order valence-electron chi connectivity index (χ4n) is 1.37. The first-order chi connectivity index (χ1) is 8.06. The van der Waals surface area contributed by atoms with Crippen LogP contribution in [-0.2, 0) is 0 Å². The molecule has 0 atom stereocenters. The summed E-state index contributed by atoms with van der Waals surface area (Å²) in [4.78, 5) is 11.8. The monoisotopic (exact) mass is 305 g/mol. The van der Waals surface area contributed by atoms with Gasteiger partial charge in [0.1, 0.15) is 5.75 Å². The van der Waals surface area contributed by atoms with E-state index in [0.717, 1.165) is 12.8 Å². The van der Waals surface area contributed by atoms with E-state index in [-0.39, 0.29) is 23.3 Å². The second kappa shape index (κ2) is 5.00. The van der Waals surface area contributed by atoms with Gasteiger partial charge in [-0.15, -0.1) is 0 Å². The van der Waals surface area contributed by atoms with E-state index >= 15 is 0 Å². The first-order valence-corrected chi connectivity index (χ1v) is 5.91. The highest BCUT2D eigenvalue weighted by Crippen LogP contribution is 2.26. The van der Waals surface area contributed by atoms with Gasteiger partial charge in [0.2, 0.25) is 0 Å². The maximum Gasteiger partial charge on any atom is 0.387 e. The summed E-state index contributed by atoms with van der Waals surface area (Å²) >= 11 is 3.19. The molecule has 0 unspecified atom stereocenters. The normalized spacial score (nSPS) is 14.8. The van der Waals surface area contributed by atoms with Crippen molar-refractivity contribution in [2.75, 3.05) is 0 Å². The molecule has 2 rings (SSSR count). The van der Waals surface area contributed by atoms with Gasteiger partial charge in [0, 0.05) is 10.5 Å². The molecule has 3 nitrogen and oxygen atoms in total. The molecule has 1 saturated carbocycles. The number of halogens is 3. The Morgan fingerprint density at radius 2 is 2.18 bits per heavy atom. The smallest absolute Gasteiger partial charge is 0.387 e. The minimum absolute atomic E-state index is 0.110. The average Bonchev–Trinajstić information content (AvgIpc) is 3.03.